The van der Waals surface area contributed by atoms with Crippen LogP contribution in [0.15, 0.2) is 25.3 Å². The van der Waals surface area contributed by atoms with Gasteiger partial charge in [0.25, 0.3) is 0 Å². The first-order valence-corrected chi connectivity index (χ1v) is 12.9. The molecule has 0 atom stereocenters. The van der Waals surface area contributed by atoms with Crippen LogP contribution in [0.1, 0.15) is 79.1 Å². The summed E-state index contributed by atoms with van der Waals surface area (Å²) in [5, 5.41) is 0. The van der Waals surface area contributed by atoms with Crippen molar-refractivity contribution in [3.63, 3.8) is 0 Å². The molecule has 0 aliphatic rings. The molecule has 39 heavy (non-hydrogen) atoms. The number of hydrogen-bond acceptors (Lipinski definition) is 11. The number of unbranched alkanes of at least 4 members (excludes halogenated alkanes) is 4. The van der Waals surface area contributed by atoms with Gasteiger partial charge in [0, 0.05) is 25.0 Å². The van der Waals surface area contributed by atoms with E-state index in [0.717, 1.165) is 12.2 Å². The fraction of sp³-hybridized carbons (Fsp3) is 0.643. The predicted molar refractivity (Wildman–Crippen MR) is 140 cm³/mol. The number of esters is 6. The van der Waals surface area contributed by atoms with Crippen molar-refractivity contribution in [1.29, 1.82) is 0 Å². The summed E-state index contributed by atoms with van der Waals surface area (Å²) in [6.45, 7) is 12.4. The van der Waals surface area contributed by atoms with Crippen molar-refractivity contribution in [3.05, 3.63) is 25.3 Å². The van der Waals surface area contributed by atoms with Crippen molar-refractivity contribution in [2.45, 2.75) is 79.1 Å². The summed E-state index contributed by atoms with van der Waals surface area (Å²) in [4.78, 5) is 71.0. The van der Waals surface area contributed by atoms with Crippen LogP contribution in [0, 0.1) is 10.8 Å². The third kappa shape index (κ3) is 16.9. The van der Waals surface area contributed by atoms with E-state index in [1.54, 1.807) is 0 Å². The molecule has 0 bridgehead atoms. The Morgan fingerprint density at radius 3 is 1.26 bits per heavy atom. The van der Waals surface area contributed by atoms with E-state index < -0.39 is 46.6 Å². The van der Waals surface area contributed by atoms with Gasteiger partial charge in [0.15, 0.2) is 0 Å². The molecule has 0 spiro atoms. The quantitative estimate of drug-likeness (QED) is 0.0711. The average molecular weight is 555 g/mol. The molecule has 0 saturated heterocycles. The molecule has 11 heteroatoms. The molecule has 0 N–H and O–H groups in total. The van der Waals surface area contributed by atoms with E-state index in [9.17, 15) is 28.8 Å². The van der Waals surface area contributed by atoms with E-state index in [1.165, 1.54) is 27.7 Å². The molecule has 0 fully saturated rings. The first-order chi connectivity index (χ1) is 18.2. The Morgan fingerprint density at radius 1 is 0.564 bits per heavy atom. The summed E-state index contributed by atoms with van der Waals surface area (Å²) in [5.74, 6) is -3.76. The molecule has 0 aromatic heterocycles. The summed E-state index contributed by atoms with van der Waals surface area (Å²) in [7, 11) is 0. The van der Waals surface area contributed by atoms with Crippen LogP contribution >= 0.6 is 0 Å². The second kappa shape index (κ2) is 18.7. The maximum Gasteiger partial charge on any atom is 0.330 e. The van der Waals surface area contributed by atoms with Crippen LogP contribution < -0.4 is 0 Å². The van der Waals surface area contributed by atoms with Crippen molar-refractivity contribution in [2.75, 3.05) is 26.4 Å². The SMILES string of the molecule is C=CC(=O)OCCCCCC(=O)OCC(C)(C)C(=O)OC(=O)C(C)(C)COC(=O)CCCCCOC(=O)C=C. The molecule has 220 valence electrons. The lowest BCUT2D eigenvalue weighted by molar-refractivity contribution is -0.177. The van der Waals surface area contributed by atoms with Crippen molar-refractivity contribution in [3.8, 4) is 0 Å². The Kier molecular flexibility index (Phi) is 17.0. The maximum absolute atomic E-state index is 12.5. The van der Waals surface area contributed by atoms with Crippen LogP contribution in [-0.4, -0.2) is 62.2 Å². The lowest BCUT2D eigenvalue weighted by Gasteiger charge is -2.25. The van der Waals surface area contributed by atoms with Crippen LogP contribution in [0.3, 0.4) is 0 Å². The summed E-state index contributed by atoms with van der Waals surface area (Å²) >= 11 is 0. The monoisotopic (exact) mass is 554 g/mol. The van der Waals surface area contributed by atoms with E-state index in [4.69, 9.17) is 23.7 Å². The van der Waals surface area contributed by atoms with Crippen molar-refractivity contribution in [1.82, 2.24) is 0 Å². The topological polar surface area (TPSA) is 149 Å². The molecular weight excluding hydrogens is 512 g/mol. The molecule has 0 unspecified atom stereocenters. The van der Waals surface area contributed by atoms with Crippen molar-refractivity contribution >= 4 is 35.8 Å². The molecule has 0 rings (SSSR count). The summed E-state index contributed by atoms with van der Waals surface area (Å²) in [6.07, 6.45) is 5.92. The molecule has 0 aliphatic heterocycles. The lowest BCUT2D eigenvalue weighted by Crippen LogP contribution is -2.39. The summed E-state index contributed by atoms with van der Waals surface area (Å²) in [6, 6.07) is 0. The summed E-state index contributed by atoms with van der Waals surface area (Å²) in [5.41, 5.74) is -2.56. The second-order valence-electron chi connectivity index (χ2n) is 10.1. The van der Waals surface area contributed by atoms with Crippen LogP contribution in [0.5, 0.6) is 0 Å². The Bertz CT molecular complexity index is 801. The second-order valence-corrected chi connectivity index (χ2v) is 10.1. The Labute approximate surface area is 230 Å². The number of ether oxygens (including phenoxy) is 5. The van der Waals surface area contributed by atoms with Crippen LogP contribution in [0.25, 0.3) is 0 Å². The predicted octanol–water partition coefficient (Wildman–Crippen LogP) is 3.77. The standard InChI is InChI=1S/C28H42O11/c1-7-21(29)35-17-13-9-11-15-23(31)37-19-27(3,4)25(33)39-26(34)28(5,6)20-38-24(32)16-12-10-14-18-36-22(30)8-2/h7-8H,1-2,9-20H2,3-6H3. The third-order valence-corrected chi connectivity index (χ3v) is 5.35. The summed E-state index contributed by atoms with van der Waals surface area (Å²) < 4.78 is 25.0. The smallest absolute Gasteiger partial charge is 0.330 e. The van der Waals surface area contributed by atoms with Gasteiger partial charge in [-0.25, -0.2) is 9.59 Å². The third-order valence-electron chi connectivity index (χ3n) is 5.35. The molecule has 0 aromatic rings. The number of carbonyl (C=O) groups excluding carboxylic acids is 6. The Morgan fingerprint density at radius 2 is 0.923 bits per heavy atom. The number of carbonyl (C=O) groups is 6. The number of rotatable bonds is 20. The first-order valence-electron chi connectivity index (χ1n) is 12.9. The fourth-order valence-electron chi connectivity index (χ4n) is 2.70. The largest absolute Gasteiger partial charge is 0.464 e. The van der Waals surface area contributed by atoms with Gasteiger partial charge in [0.1, 0.15) is 13.2 Å². The zero-order valence-corrected chi connectivity index (χ0v) is 23.5. The van der Waals surface area contributed by atoms with E-state index in [-0.39, 0.29) is 39.3 Å². The van der Waals surface area contributed by atoms with Gasteiger partial charge in [-0.15, -0.1) is 0 Å². The van der Waals surface area contributed by atoms with Gasteiger partial charge in [-0.1, -0.05) is 13.2 Å². The average Bonchev–Trinajstić information content (AvgIpc) is 2.89. The minimum absolute atomic E-state index is 0.126. The molecule has 0 saturated carbocycles. The van der Waals surface area contributed by atoms with Crippen molar-refractivity contribution < 1.29 is 52.5 Å². The van der Waals surface area contributed by atoms with Crippen LogP contribution in [-0.2, 0) is 52.5 Å². The minimum atomic E-state index is -1.28. The van der Waals surface area contributed by atoms with Gasteiger partial charge >= 0.3 is 35.8 Å². The van der Waals surface area contributed by atoms with E-state index in [0.29, 0.717) is 38.5 Å². The molecule has 0 aliphatic carbocycles. The minimum Gasteiger partial charge on any atom is -0.464 e. The van der Waals surface area contributed by atoms with E-state index >= 15 is 0 Å². The fourth-order valence-corrected chi connectivity index (χ4v) is 2.70. The molecular formula is C28H42O11. The van der Waals surface area contributed by atoms with E-state index in [1.807, 2.05) is 0 Å². The highest BCUT2D eigenvalue weighted by molar-refractivity contribution is 5.91. The lowest BCUT2D eigenvalue weighted by atomic mass is 9.93. The molecule has 0 heterocycles. The Hall–Kier alpha value is -3.50. The Balaban J connectivity index is 4.30. The highest BCUT2D eigenvalue weighted by atomic mass is 16.6. The van der Waals surface area contributed by atoms with Gasteiger partial charge in [-0.05, 0) is 66.2 Å². The normalized spacial score (nSPS) is 11.1. The molecule has 0 radical (unpaired) electrons. The van der Waals surface area contributed by atoms with E-state index in [2.05, 4.69) is 13.2 Å². The molecule has 11 nitrogen and oxygen atoms in total. The van der Waals surface area contributed by atoms with Crippen LogP contribution in [0.4, 0.5) is 0 Å². The van der Waals surface area contributed by atoms with Gasteiger partial charge in [-0.3, -0.25) is 19.2 Å². The number of hydrogen-bond donors (Lipinski definition) is 0. The maximum atomic E-state index is 12.5. The molecule has 0 aromatic carbocycles. The van der Waals surface area contributed by atoms with Gasteiger partial charge < -0.3 is 23.7 Å². The first kappa shape index (κ1) is 35.5. The zero-order valence-electron chi connectivity index (χ0n) is 23.5. The van der Waals surface area contributed by atoms with Gasteiger partial charge in [-0.2, -0.15) is 0 Å². The molecule has 0 amide bonds. The van der Waals surface area contributed by atoms with Gasteiger partial charge in [0.05, 0.1) is 24.0 Å². The van der Waals surface area contributed by atoms with Crippen molar-refractivity contribution in [2.24, 2.45) is 10.8 Å². The zero-order chi connectivity index (χ0) is 29.9. The highest BCUT2D eigenvalue weighted by Gasteiger charge is 2.38. The van der Waals surface area contributed by atoms with Gasteiger partial charge in [0.2, 0.25) is 0 Å². The highest BCUT2D eigenvalue weighted by Crippen LogP contribution is 2.24. The van der Waals surface area contributed by atoms with Crippen LogP contribution in [0.2, 0.25) is 0 Å².